The Bertz CT molecular complexity index is 990. The number of hydrogen-bond donors (Lipinski definition) is 2. The lowest BCUT2D eigenvalue weighted by Gasteiger charge is -2.37. The van der Waals surface area contributed by atoms with Crippen molar-refractivity contribution in [3.05, 3.63) is 59.7 Å². The molecule has 0 aliphatic carbocycles. The van der Waals surface area contributed by atoms with E-state index in [0.717, 1.165) is 4.90 Å². The topological polar surface area (TPSA) is 121 Å². The van der Waals surface area contributed by atoms with Crippen molar-refractivity contribution in [3.8, 4) is 11.5 Å². The summed E-state index contributed by atoms with van der Waals surface area (Å²) in [4.78, 5) is 26.7. The Hall–Kier alpha value is -3.30. The number of rotatable bonds is 5. The van der Waals surface area contributed by atoms with E-state index in [1.807, 2.05) is 0 Å². The van der Waals surface area contributed by atoms with Gasteiger partial charge < -0.3 is 24.1 Å². The van der Waals surface area contributed by atoms with Gasteiger partial charge in [-0.15, -0.1) is 0 Å². The largest absolute Gasteiger partial charge is 0.497 e. The predicted molar refractivity (Wildman–Crippen MR) is 115 cm³/mol. The maximum Gasteiger partial charge on any atom is 0.414 e. The van der Waals surface area contributed by atoms with Gasteiger partial charge in [0, 0.05) is 6.07 Å². The van der Waals surface area contributed by atoms with E-state index in [4.69, 9.17) is 24.7 Å². The molecule has 1 heterocycles. The number of amides is 1. The molecule has 0 aromatic heterocycles. The van der Waals surface area contributed by atoms with Gasteiger partial charge in [0.2, 0.25) is 5.85 Å². The normalized spacial score (nSPS) is 23.0. The molecule has 0 saturated carbocycles. The molecule has 0 bridgehead atoms. The molecular formula is C23H28N2O7. The number of aliphatic carboxylic acids is 1. The Morgan fingerprint density at radius 2 is 1.75 bits per heavy atom. The smallest absolute Gasteiger partial charge is 0.414 e. The summed E-state index contributed by atoms with van der Waals surface area (Å²) in [6.45, 7) is 5.13. The van der Waals surface area contributed by atoms with Gasteiger partial charge in [0.15, 0.2) is 6.10 Å². The van der Waals surface area contributed by atoms with E-state index in [-0.39, 0.29) is 11.3 Å². The standard InChI is InChI=1S/C23H28N2O7/c1-22(2,3)32-21(28)25-18(14-9-7-6-8-10-14)19(20(26)27)31-23(25,24)16-12-11-15(29-4)13-17(16)30-5/h6-13,18-19H,24H2,1-5H3,(H,26,27)/t18-,19?,23?/m0/s1. The van der Waals surface area contributed by atoms with Crippen molar-refractivity contribution in [1.82, 2.24) is 4.90 Å². The van der Waals surface area contributed by atoms with E-state index >= 15 is 0 Å². The van der Waals surface area contributed by atoms with Crippen LogP contribution in [0.1, 0.15) is 37.9 Å². The van der Waals surface area contributed by atoms with Gasteiger partial charge >= 0.3 is 12.1 Å². The number of methoxy groups -OCH3 is 2. The van der Waals surface area contributed by atoms with Crippen LogP contribution in [0.15, 0.2) is 48.5 Å². The number of hydrogen-bond acceptors (Lipinski definition) is 7. The molecule has 3 atom stereocenters. The number of carboxylic acids is 1. The molecular weight excluding hydrogens is 416 g/mol. The van der Waals surface area contributed by atoms with Crippen LogP contribution in [0.5, 0.6) is 11.5 Å². The van der Waals surface area contributed by atoms with Crippen molar-refractivity contribution in [2.45, 2.75) is 44.4 Å². The Balaban J connectivity index is 2.23. The number of carboxylic acid groups (broad SMARTS) is 1. The lowest BCUT2D eigenvalue weighted by atomic mass is 9.99. The number of carbonyl (C=O) groups excluding carboxylic acids is 1. The summed E-state index contributed by atoms with van der Waals surface area (Å²) in [5.74, 6) is -2.51. The van der Waals surface area contributed by atoms with Crippen LogP contribution in [0.4, 0.5) is 4.79 Å². The van der Waals surface area contributed by atoms with Crippen LogP contribution in [0.3, 0.4) is 0 Å². The fourth-order valence-corrected chi connectivity index (χ4v) is 3.66. The molecule has 2 aromatic rings. The van der Waals surface area contributed by atoms with Gasteiger partial charge in [-0.3, -0.25) is 10.6 Å². The molecule has 9 heteroatoms. The second kappa shape index (κ2) is 8.68. The van der Waals surface area contributed by atoms with E-state index in [1.54, 1.807) is 69.3 Å². The molecule has 1 amide bonds. The average molecular weight is 444 g/mol. The van der Waals surface area contributed by atoms with Crippen molar-refractivity contribution < 1.29 is 33.6 Å². The molecule has 1 aliphatic rings. The van der Waals surface area contributed by atoms with Gasteiger partial charge in [-0.05, 0) is 38.5 Å². The van der Waals surface area contributed by atoms with Crippen LogP contribution in [-0.2, 0) is 20.1 Å². The molecule has 32 heavy (non-hydrogen) atoms. The highest BCUT2D eigenvalue weighted by Gasteiger charge is 2.59. The van der Waals surface area contributed by atoms with Crippen molar-refractivity contribution in [3.63, 3.8) is 0 Å². The SMILES string of the molecule is COc1ccc(C2(N)OC(C(=O)O)[C@H](c3ccccc3)N2C(=O)OC(C)(C)C)c(OC)c1. The molecule has 1 saturated heterocycles. The Kier molecular flexibility index (Phi) is 6.34. The van der Waals surface area contributed by atoms with Gasteiger partial charge in [-0.2, -0.15) is 0 Å². The van der Waals surface area contributed by atoms with Gasteiger partial charge in [0.25, 0.3) is 0 Å². The molecule has 0 spiro atoms. The van der Waals surface area contributed by atoms with Crippen molar-refractivity contribution in [2.75, 3.05) is 14.2 Å². The summed E-state index contributed by atoms with van der Waals surface area (Å²) in [5, 5.41) is 9.95. The summed E-state index contributed by atoms with van der Waals surface area (Å²) < 4.78 is 22.2. The monoisotopic (exact) mass is 444 g/mol. The fraction of sp³-hybridized carbons (Fsp3) is 0.391. The highest BCUT2D eigenvalue weighted by molar-refractivity contribution is 5.78. The first-order chi connectivity index (χ1) is 15.0. The molecule has 9 nitrogen and oxygen atoms in total. The van der Waals surface area contributed by atoms with E-state index in [0.29, 0.717) is 11.3 Å². The minimum atomic E-state index is -2.00. The average Bonchev–Trinajstić information content (AvgIpc) is 3.07. The van der Waals surface area contributed by atoms with E-state index in [1.165, 1.54) is 14.2 Å². The molecule has 1 aliphatic heterocycles. The zero-order valence-electron chi connectivity index (χ0n) is 18.7. The molecule has 3 N–H and O–H groups in total. The van der Waals surface area contributed by atoms with Crippen LogP contribution in [0.2, 0.25) is 0 Å². The van der Waals surface area contributed by atoms with Crippen LogP contribution >= 0.6 is 0 Å². The molecule has 2 aromatic carbocycles. The lowest BCUT2D eigenvalue weighted by Crippen LogP contribution is -2.54. The maximum absolute atomic E-state index is 13.4. The van der Waals surface area contributed by atoms with Crippen LogP contribution < -0.4 is 15.2 Å². The van der Waals surface area contributed by atoms with Crippen molar-refractivity contribution >= 4 is 12.1 Å². The van der Waals surface area contributed by atoms with Gasteiger partial charge in [-0.25, -0.2) is 9.59 Å². The Morgan fingerprint density at radius 1 is 1.09 bits per heavy atom. The number of benzene rings is 2. The molecule has 0 radical (unpaired) electrons. The zero-order chi connectivity index (χ0) is 23.7. The summed E-state index contributed by atoms with van der Waals surface area (Å²) in [6.07, 6.45) is -2.28. The predicted octanol–water partition coefficient (Wildman–Crippen LogP) is 3.23. The minimum Gasteiger partial charge on any atom is -0.497 e. The fourth-order valence-electron chi connectivity index (χ4n) is 3.66. The summed E-state index contributed by atoms with van der Waals surface area (Å²) in [7, 11) is 2.93. The number of carbonyl (C=O) groups is 2. The molecule has 172 valence electrons. The Labute approximate surface area is 186 Å². The first-order valence-corrected chi connectivity index (χ1v) is 10.0. The minimum absolute atomic E-state index is 0.247. The number of ether oxygens (including phenoxy) is 4. The van der Waals surface area contributed by atoms with E-state index in [2.05, 4.69) is 0 Å². The maximum atomic E-state index is 13.4. The second-order valence-corrected chi connectivity index (χ2v) is 8.35. The van der Waals surface area contributed by atoms with Crippen molar-refractivity contribution in [2.24, 2.45) is 5.73 Å². The van der Waals surface area contributed by atoms with Crippen molar-refractivity contribution in [1.29, 1.82) is 0 Å². The third kappa shape index (κ3) is 4.35. The highest BCUT2D eigenvalue weighted by Crippen LogP contribution is 2.48. The van der Waals surface area contributed by atoms with Crippen LogP contribution in [0, 0.1) is 0 Å². The first kappa shape index (κ1) is 23.4. The first-order valence-electron chi connectivity index (χ1n) is 10.0. The zero-order valence-corrected chi connectivity index (χ0v) is 18.7. The third-order valence-electron chi connectivity index (χ3n) is 5.00. The highest BCUT2D eigenvalue weighted by atomic mass is 16.6. The van der Waals surface area contributed by atoms with Gasteiger partial charge in [-0.1, -0.05) is 30.3 Å². The molecule has 3 rings (SSSR count). The lowest BCUT2D eigenvalue weighted by molar-refractivity contribution is -0.159. The Morgan fingerprint density at radius 3 is 2.28 bits per heavy atom. The van der Waals surface area contributed by atoms with Gasteiger partial charge in [0.1, 0.15) is 23.1 Å². The number of nitrogens with zero attached hydrogens (tertiary/aromatic N) is 1. The third-order valence-corrected chi connectivity index (χ3v) is 5.00. The van der Waals surface area contributed by atoms with E-state index < -0.39 is 35.7 Å². The second-order valence-electron chi connectivity index (χ2n) is 8.35. The van der Waals surface area contributed by atoms with Crippen LogP contribution in [0.25, 0.3) is 0 Å². The summed E-state index contributed by atoms with van der Waals surface area (Å²) in [5.41, 5.74) is 6.61. The van der Waals surface area contributed by atoms with Crippen LogP contribution in [-0.4, -0.2) is 48.0 Å². The number of nitrogens with two attached hydrogens (primary N) is 1. The van der Waals surface area contributed by atoms with E-state index in [9.17, 15) is 14.7 Å². The quantitative estimate of drug-likeness (QED) is 0.721. The molecule has 1 fully saturated rings. The summed E-state index contributed by atoms with van der Waals surface area (Å²) >= 11 is 0. The van der Waals surface area contributed by atoms with Gasteiger partial charge in [0.05, 0.1) is 19.8 Å². The molecule has 2 unspecified atom stereocenters. The summed E-state index contributed by atoms with van der Waals surface area (Å²) in [6, 6.07) is 12.4.